The largest absolute Gasteiger partial charge is 0.414 e. The number of H-pyrrole nitrogens is 1. The van der Waals surface area contributed by atoms with E-state index in [9.17, 15) is 9.59 Å². The zero-order valence-corrected chi connectivity index (χ0v) is 26.9. The minimum absolute atomic E-state index is 0.140. The highest BCUT2D eigenvalue weighted by molar-refractivity contribution is 6.84. The molecule has 1 N–H and O–H groups in total. The van der Waals surface area contributed by atoms with Crippen molar-refractivity contribution < 1.29 is 22.5 Å². The predicted molar refractivity (Wildman–Crippen MR) is 149 cm³/mol. The first-order valence-electron chi connectivity index (χ1n) is 14.1. The Hall–Kier alpha value is -1.13. The van der Waals surface area contributed by atoms with Crippen LogP contribution in [-0.2, 0) is 22.5 Å². The number of aryl methyl sites for hydroxylation is 1. The molecule has 0 amide bonds. The van der Waals surface area contributed by atoms with Crippen molar-refractivity contribution >= 4 is 17.1 Å². The zero-order chi connectivity index (χ0) is 28.4. The average Bonchev–Trinajstić information content (AvgIpc) is 3.01. The highest BCUT2D eigenvalue weighted by Gasteiger charge is 2.71. The van der Waals surface area contributed by atoms with E-state index < -0.39 is 52.4 Å². The van der Waals surface area contributed by atoms with Gasteiger partial charge in [0.15, 0.2) is 12.3 Å². The van der Waals surface area contributed by atoms with Gasteiger partial charge < -0.3 is 17.7 Å². The normalized spacial score (nSPS) is 33.1. The lowest BCUT2D eigenvalue weighted by Crippen LogP contribution is -2.73. The molecule has 10 nitrogen and oxygen atoms in total. The van der Waals surface area contributed by atoms with Crippen molar-refractivity contribution in [3.8, 4) is 0 Å². The van der Waals surface area contributed by atoms with Crippen LogP contribution >= 0.6 is 0 Å². The summed E-state index contributed by atoms with van der Waals surface area (Å²) >= 11 is 0. The van der Waals surface area contributed by atoms with Crippen molar-refractivity contribution in [3.63, 3.8) is 0 Å². The predicted octanol–water partition coefficient (Wildman–Crippen LogP) is 4.09. The number of ether oxygens (including phenoxy) is 1. The minimum Gasteiger partial charge on any atom is -0.414 e. The highest BCUT2D eigenvalue weighted by Crippen LogP contribution is 2.55. The number of nitrogens with zero attached hydrogens (tertiary/aromatic N) is 2. The van der Waals surface area contributed by atoms with Crippen LogP contribution in [-0.4, -0.2) is 69.2 Å². The lowest BCUT2D eigenvalue weighted by atomic mass is 9.85. The fourth-order valence-electron chi connectivity index (χ4n) is 6.84. The van der Waals surface area contributed by atoms with Gasteiger partial charge in [-0.05, 0) is 35.5 Å². The van der Waals surface area contributed by atoms with E-state index in [1.165, 1.54) is 4.57 Å². The van der Waals surface area contributed by atoms with Gasteiger partial charge in [0, 0.05) is 18.8 Å². The minimum atomic E-state index is -2.95. The Morgan fingerprint density at radius 2 is 1.61 bits per heavy atom. The second-order valence-electron chi connectivity index (χ2n) is 12.5. The first-order valence-corrected chi connectivity index (χ1v) is 18.0. The SMILES string of the molecule is CC[C@H]1N(C)OC2[C@H](n3cc(C)c(=O)[nH]c3=O)O[C@@]13CO[Si](C(C)C)(C(C)C)O[Si](C(C)C)(C(C)C)O[C@H]23. The summed E-state index contributed by atoms with van der Waals surface area (Å²) in [5, 5.41) is 1.85. The molecular formula is C26H47N3O7Si2. The van der Waals surface area contributed by atoms with Crippen LogP contribution in [0.2, 0.25) is 22.2 Å². The first kappa shape index (κ1) is 29.8. The van der Waals surface area contributed by atoms with E-state index in [0.29, 0.717) is 5.56 Å². The van der Waals surface area contributed by atoms with Gasteiger partial charge in [-0.15, -0.1) is 0 Å². The molecule has 4 rings (SSSR count). The van der Waals surface area contributed by atoms with Gasteiger partial charge in [0.1, 0.15) is 11.7 Å². The molecule has 5 atom stereocenters. The van der Waals surface area contributed by atoms with Gasteiger partial charge in [-0.25, -0.2) is 4.79 Å². The summed E-state index contributed by atoms with van der Waals surface area (Å²) in [5.41, 5.74) is -0.759. The number of rotatable bonds is 6. The molecule has 0 aliphatic carbocycles. The molecule has 3 aliphatic rings. The van der Waals surface area contributed by atoms with Gasteiger partial charge in [0.25, 0.3) is 5.56 Å². The van der Waals surface area contributed by atoms with Gasteiger partial charge in [-0.2, -0.15) is 5.06 Å². The summed E-state index contributed by atoms with van der Waals surface area (Å²) in [6.07, 6.45) is 0.333. The second kappa shape index (κ2) is 10.4. The first-order chi connectivity index (χ1) is 17.7. The smallest absolute Gasteiger partial charge is 0.335 e. The van der Waals surface area contributed by atoms with Crippen LogP contribution in [0.15, 0.2) is 15.8 Å². The van der Waals surface area contributed by atoms with Crippen LogP contribution in [0.5, 0.6) is 0 Å². The summed E-state index contributed by atoms with van der Waals surface area (Å²) < 4.78 is 30.2. The van der Waals surface area contributed by atoms with E-state index in [0.717, 1.165) is 6.42 Å². The maximum Gasteiger partial charge on any atom is 0.335 e. The molecule has 3 fully saturated rings. The van der Waals surface area contributed by atoms with Crippen LogP contribution in [0.1, 0.15) is 80.5 Å². The summed E-state index contributed by atoms with van der Waals surface area (Å²) in [6, 6.07) is -0.177. The Bertz CT molecular complexity index is 1120. The standard InChI is InChI=1S/C26H47N3O7Si2/c1-12-20-26-14-32-37(15(2)3,16(4)5)36-38(17(6)7,18(8)9)35-22(26)21(34-28(20)11)24(33-26)29-13-19(10)23(30)27-25(29)31/h13,15-18,20-22,24H,12,14H2,1-11H3,(H,27,30,31)/t20-,21?,22-,24-,26+/m1/s1. The van der Waals surface area contributed by atoms with Gasteiger partial charge in [-0.1, -0.05) is 62.3 Å². The molecule has 0 saturated carbocycles. The van der Waals surface area contributed by atoms with Gasteiger partial charge >= 0.3 is 22.8 Å². The van der Waals surface area contributed by atoms with Crippen molar-refractivity contribution in [2.45, 2.75) is 128 Å². The number of aromatic nitrogens is 2. The molecule has 1 aromatic heterocycles. The number of aromatic amines is 1. The monoisotopic (exact) mass is 569 g/mol. The molecule has 0 spiro atoms. The third-order valence-electron chi connectivity index (χ3n) is 8.87. The van der Waals surface area contributed by atoms with E-state index in [2.05, 4.69) is 67.3 Å². The third kappa shape index (κ3) is 4.35. The maximum atomic E-state index is 13.0. The van der Waals surface area contributed by atoms with Crippen molar-refractivity contribution in [1.82, 2.24) is 14.6 Å². The zero-order valence-electron chi connectivity index (χ0n) is 24.9. The molecule has 4 heterocycles. The number of nitrogens with one attached hydrogen (secondary N) is 1. The quantitative estimate of drug-likeness (QED) is 0.511. The molecular weight excluding hydrogens is 522 g/mol. The number of hydrogen-bond donors (Lipinski definition) is 1. The third-order valence-corrected chi connectivity index (χ3v) is 19.1. The Labute approximate surface area is 228 Å². The molecule has 1 unspecified atom stereocenters. The summed E-state index contributed by atoms with van der Waals surface area (Å²) in [5.74, 6) is 0. The fourth-order valence-corrected chi connectivity index (χ4v) is 18.1. The maximum absolute atomic E-state index is 13.0. The average molecular weight is 570 g/mol. The molecule has 38 heavy (non-hydrogen) atoms. The number of hydrogen-bond acceptors (Lipinski definition) is 8. The molecule has 3 saturated heterocycles. The van der Waals surface area contributed by atoms with Crippen LogP contribution < -0.4 is 11.2 Å². The van der Waals surface area contributed by atoms with Crippen molar-refractivity contribution in [2.75, 3.05) is 13.7 Å². The topological polar surface area (TPSA) is 104 Å². The summed E-state index contributed by atoms with van der Waals surface area (Å²) in [7, 11) is -3.86. The van der Waals surface area contributed by atoms with Crippen LogP contribution in [0, 0.1) is 6.92 Å². The van der Waals surface area contributed by atoms with Crippen LogP contribution in [0.4, 0.5) is 0 Å². The number of hydroxylamine groups is 2. The highest BCUT2D eigenvalue weighted by atomic mass is 28.5. The van der Waals surface area contributed by atoms with Crippen LogP contribution in [0.25, 0.3) is 0 Å². The van der Waals surface area contributed by atoms with E-state index >= 15 is 0 Å². The lowest BCUT2D eigenvalue weighted by molar-refractivity contribution is -0.287. The molecule has 0 radical (unpaired) electrons. The van der Waals surface area contributed by atoms with Crippen molar-refractivity contribution in [3.05, 3.63) is 32.6 Å². The second-order valence-corrected chi connectivity index (χ2v) is 21.3. The van der Waals surface area contributed by atoms with Crippen molar-refractivity contribution in [2.24, 2.45) is 0 Å². The number of likely N-dealkylation sites (N-methyl/N-ethyl adjacent to an activating group) is 1. The molecule has 3 aliphatic heterocycles. The van der Waals surface area contributed by atoms with E-state index in [4.69, 9.17) is 22.5 Å². The Morgan fingerprint density at radius 1 is 1.03 bits per heavy atom. The molecule has 1 aromatic rings. The van der Waals surface area contributed by atoms with E-state index in [-0.39, 0.29) is 34.8 Å². The fraction of sp³-hybridized carbons (Fsp3) is 0.846. The lowest BCUT2D eigenvalue weighted by Gasteiger charge is -2.57. The molecule has 2 bridgehead atoms. The van der Waals surface area contributed by atoms with Gasteiger partial charge in [0.2, 0.25) is 0 Å². The Kier molecular flexibility index (Phi) is 8.14. The Balaban J connectivity index is 1.96. The molecule has 216 valence electrons. The van der Waals surface area contributed by atoms with Gasteiger partial charge in [0.05, 0.1) is 12.6 Å². The Morgan fingerprint density at radius 3 is 2.13 bits per heavy atom. The summed E-state index contributed by atoms with van der Waals surface area (Å²) in [4.78, 5) is 34.1. The molecule has 12 heteroatoms. The van der Waals surface area contributed by atoms with Gasteiger partial charge in [-0.3, -0.25) is 19.2 Å². The van der Waals surface area contributed by atoms with E-state index in [1.807, 2.05) is 12.1 Å². The summed E-state index contributed by atoms with van der Waals surface area (Å²) in [6.45, 7) is 21.6. The molecule has 0 aromatic carbocycles. The van der Waals surface area contributed by atoms with Crippen molar-refractivity contribution in [1.29, 1.82) is 0 Å². The van der Waals surface area contributed by atoms with E-state index in [1.54, 1.807) is 13.1 Å². The van der Waals surface area contributed by atoms with Crippen LogP contribution in [0.3, 0.4) is 0 Å².